The van der Waals surface area contributed by atoms with Gasteiger partial charge in [-0.3, -0.25) is 0 Å². The van der Waals surface area contributed by atoms with Gasteiger partial charge in [0.25, 0.3) is 0 Å². The minimum atomic E-state index is -0.337. The molecule has 0 atom stereocenters. The molecule has 4 nitrogen and oxygen atoms in total. The molecule has 0 amide bonds. The van der Waals surface area contributed by atoms with Crippen LogP contribution in [0, 0.1) is 11.3 Å². The zero-order chi connectivity index (χ0) is 21.1. The number of thioether (sulfide) groups is 1. The summed E-state index contributed by atoms with van der Waals surface area (Å²) in [6.45, 7) is 2.13. The van der Waals surface area contributed by atoms with E-state index < -0.39 is 0 Å². The van der Waals surface area contributed by atoms with Crippen molar-refractivity contribution in [2.45, 2.75) is 11.8 Å². The summed E-state index contributed by atoms with van der Waals surface area (Å²) in [5.41, 5.74) is 5.13. The Balaban J connectivity index is 1.75. The standard InChI is InChI=1S/C25H20N2O2S/c1-3-29-25(28)18-4-9-21(10-5-18)27-16-20(15-26)23-14-19(8-13-24(23)27)17-6-11-22(30-2)12-7-17/h4-14,16H,3H2,1-2H3. The number of esters is 1. The van der Waals surface area contributed by atoms with E-state index in [2.05, 4.69) is 48.7 Å². The van der Waals surface area contributed by atoms with Gasteiger partial charge in [-0.1, -0.05) is 18.2 Å². The molecule has 0 N–H and O–H groups in total. The first kappa shape index (κ1) is 19.8. The fraction of sp³-hybridized carbons (Fsp3) is 0.120. The number of benzene rings is 3. The molecule has 0 unspecified atom stereocenters. The van der Waals surface area contributed by atoms with Crippen molar-refractivity contribution in [2.75, 3.05) is 12.9 Å². The molecule has 4 rings (SSSR count). The Hall–Kier alpha value is -3.49. The van der Waals surface area contributed by atoms with Gasteiger partial charge in [0.2, 0.25) is 0 Å². The first-order valence-electron chi connectivity index (χ1n) is 9.61. The maximum absolute atomic E-state index is 11.9. The van der Waals surface area contributed by atoms with E-state index >= 15 is 0 Å². The third kappa shape index (κ3) is 3.70. The van der Waals surface area contributed by atoms with Crippen LogP contribution in [0.3, 0.4) is 0 Å². The molecule has 0 saturated heterocycles. The minimum Gasteiger partial charge on any atom is -0.462 e. The summed E-state index contributed by atoms with van der Waals surface area (Å²) in [5.74, 6) is -0.337. The predicted octanol–water partition coefficient (Wildman–Crippen LogP) is 6.07. The van der Waals surface area contributed by atoms with Crippen LogP contribution in [0.25, 0.3) is 27.7 Å². The highest BCUT2D eigenvalue weighted by Crippen LogP contribution is 2.30. The van der Waals surface area contributed by atoms with Gasteiger partial charge in [-0.05, 0) is 72.8 Å². The molecule has 5 heteroatoms. The van der Waals surface area contributed by atoms with Gasteiger partial charge >= 0.3 is 5.97 Å². The molecular weight excluding hydrogens is 392 g/mol. The molecule has 0 aliphatic heterocycles. The molecule has 3 aromatic carbocycles. The molecule has 4 aromatic rings. The summed E-state index contributed by atoms with van der Waals surface area (Å²) in [4.78, 5) is 13.1. The second-order valence-corrected chi connectivity index (χ2v) is 7.63. The van der Waals surface area contributed by atoms with Gasteiger partial charge in [-0.15, -0.1) is 11.8 Å². The third-order valence-corrected chi connectivity index (χ3v) is 5.75. The van der Waals surface area contributed by atoms with Crippen LogP contribution in [-0.4, -0.2) is 23.4 Å². The molecular formula is C25H20N2O2S. The normalized spacial score (nSPS) is 10.7. The molecule has 148 valence electrons. The van der Waals surface area contributed by atoms with Crippen LogP contribution >= 0.6 is 11.8 Å². The molecule has 1 heterocycles. The third-order valence-electron chi connectivity index (χ3n) is 5.00. The van der Waals surface area contributed by atoms with Crippen LogP contribution in [0.2, 0.25) is 0 Å². The minimum absolute atomic E-state index is 0.337. The van der Waals surface area contributed by atoms with E-state index in [-0.39, 0.29) is 5.97 Å². The summed E-state index contributed by atoms with van der Waals surface area (Å²) in [5, 5.41) is 10.6. The lowest BCUT2D eigenvalue weighted by Gasteiger charge is -2.08. The van der Waals surface area contributed by atoms with Crippen molar-refractivity contribution in [1.29, 1.82) is 5.26 Å². The number of hydrogen-bond acceptors (Lipinski definition) is 4. The Morgan fingerprint density at radius 3 is 2.37 bits per heavy atom. The maximum Gasteiger partial charge on any atom is 0.338 e. The predicted molar refractivity (Wildman–Crippen MR) is 121 cm³/mol. The smallest absolute Gasteiger partial charge is 0.338 e. The first-order chi connectivity index (χ1) is 14.6. The summed E-state index contributed by atoms with van der Waals surface area (Å²) in [6.07, 6.45) is 3.90. The summed E-state index contributed by atoms with van der Waals surface area (Å²) >= 11 is 1.71. The van der Waals surface area contributed by atoms with Crippen molar-refractivity contribution in [3.8, 4) is 22.9 Å². The maximum atomic E-state index is 11.9. The lowest BCUT2D eigenvalue weighted by atomic mass is 10.0. The van der Waals surface area contributed by atoms with E-state index in [1.54, 1.807) is 30.8 Å². The molecule has 0 spiro atoms. The Morgan fingerprint density at radius 2 is 1.73 bits per heavy atom. The largest absolute Gasteiger partial charge is 0.462 e. The number of rotatable bonds is 5. The molecule has 0 radical (unpaired) electrons. The SMILES string of the molecule is CCOC(=O)c1ccc(-n2cc(C#N)c3cc(-c4ccc(SC)cc4)ccc32)cc1. The van der Waals surface area contributed by atoms with Crippen LogP contribution in [0.15, 0.2) is 77.8 Å². The number of carbonyl (C=O) groups excluding carboxylic acids is 1. The first-order valence-corrected chi connectivity index (χ1v) is 10.8. The van der Waals surface area contributed by atoms with E-state index in [1.807, 2.05) is 29.0 Å². The topological polar surface area (TPSA) is 55.0 Å². The van der Waals surface area contributed by atoms with Crippen molar-refractivity contribution < 1.29 is 9.53 Å². The van der Waals surface area contributed by atoms with Crippen molar-refractivity contribution in [1.82, 2.24) is 4.57 Å². The highest BCUT2D eigenvalue weighted by molar-refractivity contribution is 7.98. The summed E-state index contributed by atoms with van der Waals surface area (Å²) < 4.78 is 7.02. The zero-order valence-electron chi connectivity index (χ0n) is 16.8. The number of aromatic nitrogens is 1. The molecule has 0 bridgehead atoms. The molecule has 0 aliphatic rings. The second kappa shape index (κ2) is 8.48. The van der Waals surface area contributed by atoms with E-state index in [1.165, 1.54) is 4.90 Å². The van der Waals surface area contributed by atoms with Crippen molar-refractivity contribution in [3.63, 3.8) is 0 Å². The van der Waals surface area contributed by atoms with Crippen molar-refractivity contribution in [2.24, 2.45) is 0 Å². The Bertz CT molecular complexity index is 1250. The fourth-order valence-corrected chi connectivity index (χ4v) is 3.88. The number of ether oxygens (including phenoxy) is 1. The van der Waals surface area contributed by atoms with E-state index in [9.17, 15) is 10.1 Å². The lowest BCUT2D eigenvalue weighted by molar-refractivity contribution is 0.0526. The average Bonchev–Trinajstić information content (AvgIpc) is 3.17. The van der Waals surface area contributed by atoms with Crippen LogP contribution in [-0.2, 0) is 4.74 Å². The number of carbonyl (C=O) groups is 1. The fourth-order valence-electron chi connectivity index (χ4n) is 3.47. The van der Waals surface area contributed by atoms with Gasteiger partial charge < -0.3 is 9.30 Å². The summed E-state index contributed by atoms with van der Waals surface area (Å²) in [7, 11) is 0. The van der Waals surface area contributed by atoms with Gasteiger partial charge in [-0.25, -0.2) is 4.79 Å². The lowest BCUT2D eigenvalue weighted by Crippen LogP contribution is -2.04. The molecule has 0 saturated carbocycles. The molecule has 0 aliphatic carbocycles. The molecule has 30 heavy (non-hydrogen) atoms. The number of nitrogens with zero attached hydrogens (tertiary/aromatic N) is 2. The van der Waals surface area contributed by atoms with Crippen LogP contribution in [0.4, 0.5) is 0 Å². The highest BCUT2D eigenvalue weighted by Gasteiger charge is 2.12. The Morgan fingerprint density at radius 1 is 1.03 bits per heavy atom. The Labute approximate surface area is 179 Å². The van der Waals surface area contributed by atoms with Crippen molar-refractivity contribution >= 4 is 28.6 Å². The number of fused-ring (bicyclic) bond motifs is 1. The van der Waals surface area contributed by atoms with E-state index in [0.29, 0.717) is 17.7 Å². The second-order valence-electron chi connectivity index (χ2n) is 6.75. The average molecular weight is 413 g/mol. The zero-order valence-corrected chi connectivity index (χ0v) is 17.6. The van der Waals surface area contributed by atoms with E-state index in [0.717, 1.165) is 27.7 Å². The quantitative estimate of drug-likeness (QED) is 0.295. The van der Waals surface area contributed by atoms with E-state index in [4.69, 9.17) is 4.74 Å². The van der Waals surface area contributed by atoms with Gasteiger partial charge in [0, 0.05) is 22.2 Å². The van der Waals surface area contributed by atoms with Gasteiger partial charge in [0.15, 0.2) is 0 Å². The highest BCUT2D eigenvalue weighted by atomic mass is 32.2. The van der Waals surface area contributed by atoms with Gasteiger partial charge in [0.1, 0.15) is 6.07 Å². The Kier molecular flexibility index (Phi) is 5.60. The van der Waals surface area contributed by atoms with Crippen LogP contribution in [0.5, 0.6) is 0 Å². The molecule has 0 fully saturated rings. The number of nitriles is 1. The molecule has 1 aromatic heterocycles. The number of hydrogen-bond donors (Lipinski definition) is 0. The van der Waals surface area contributed by atoms with Crippen molar-refractivity contribution in [3.05, 3.63) is 84.1 Å². The summed E-state index contributed by atoms with van der Waals surface area (Å²) in [6, 6.07) is 24.1. The van der Waals surface area contributed by atoms with Gasteiger partial charge in [0.05, 0.1) is 23.3 Å². The monoisotopic (exact) mass is 412 g/mol. The van der Waals surface area contributed by atoms with Gasteiger partial charge in [-0.2, -0.15) is 5.26 Å². The van der Waals surface area contributed by atoms with Crippen LogP contribution in [0.1, 0.15) is 22.8 Å². The van der Waals surface area contributed by atoms with Crippen LogP contribution < -0.4 is 0 Å².